The van der Waals surface area contributed by atoms with E-state index in [1.807, 2.05) is 0 Å². The third-order valence-corrected chi connectivity index (χ3v) is 6.47. The number of ether oxygens (including phenoxy) is 2. The summed E-state index contributed by atoms with van der Waals surface area (Å²) in [6.07, 6.45) is 1.60. The minimum absolute atomic E-state index is 0.0434. The van der Waals surface area contributed by atoms with E-state index in [1.54, 1.807) is 24.4 Å². The van der Waals surface area contributed by atoms with E-state index in [1.165, 1.54) is 43.4 Å². The number of amides is 1. The van der Waals surface area contributed by atoms with Crippen molar-refractivity contribution in [1.29, 1.82) is 0 Å². The zero-order chi connectivity index (χ0) is 21.0. The van der Waals surface area contributed by atoms with Crippen LogP contribution in [0.15, 0.2) is 53.6 Å². The molecule has 9 nitrogen and oxygen atoms in total. The van der Waals surface area contributed by atoms with E-state index in [-0.39, 0.29) is 18.0 Å². The van der Waals surface area contributed by atoms with E-state index in [9.17, 15) is 18.0 Å². The highest BCUT2D eigenvalue weighted by molar-refractivity contribution is 7.89. The van der Waals surface area contributed by atoms with Crippen molar-refractivity contribution in [1.82, 2.24) is 14.2 Å². The highest BCUT2D eigenvalue weighted by Crippen LogP contribution is 2.25. The van der Waals surface area contributed by atoms with E-state index >= 15 is 0 Å². The van der Waals surface area contributed by atoms with Gasteiger partial charge >= 0.3 is 5.97 Å². The molecular weight excluding hydrogens is 398 g/mol. The number of hydrogen-bond donors (Lipinski definition) is 0. The molecule has 0 spiro atoms. The first kappa shape index (κ1) is 20.7. The molecule has 2 aromatic rings. The topological polar surface area (TPSA) is 106 Å². The van der Waals surface area contributed by atoms with Gasteiger partial charge in [0, 0.05) is 12.7 Å². The molecule has 3 rings (SSSR count). The summed E-state index contributed by atoms with van der Waals surface area (Å²) in [5, 5.41) is 0. The molecule has 1 aliphatic heterocycles. The van der Waals surface area contributed by atoms with E-state index in [2.05, 4.69) is 4.98 Å². The van der Waals surface area contributed by atoms with Gasteiger partial charge in [0.05, 0.1) is 37.9 Å². The summed E-state index contributed by atoms with van der Waals surface area (Å²) in [5.74, 6) is -0.668. The van der Waals surface area contributed by atoms with Gasteiger partial charge in [-0.2, -0.15) is 4.31 Å². The molecular formula is C19H21N3O6S. The summed E-state index contributed by atoms with van der Waals surface area (Å²) in [6, 6.07) is 9.87. The second-order valence-corrected chi connectivity index (χ2v) is 8.25. The molecule has 1 unspecified atom stereocenters. The lowest BCUT2D eigenvalue weighted by Crippen LogP contribution is -2.60. The molecule has 0 aliphatic carbocycles. The highest BCUT2D eigenvalue weighted by Gasteiger charge is 2.44. The number of methoxy groups -OCH3 is 2. The van der Waals surface area contributed by atoms with Crippen LogP contribution in [0.2, 0.25) is 0 Å². The van der Waals surface area contributed by atoms with Crippen molar-refractivity contribution in [2.45, 2.75) is 17.5 Å². The molecule has 154 valence electrons. The van der Waals surface area contributed by atoms with E-state index in [0.29, 0.717) is 11.4 Å². The number of pyridine rings is 1. The summed E-state index contributed by atoms with van der Waals surface area (Å²) < 4.78 is 37.0. The van der Waals surface area contributed by atoms with Crippen LogP contribution >= 0.6 is 0 Å². The monoisotopic (exact) mass is 419 g/mol. The standard InChI is InChI=1S/C19H21N3O6S/c1-27-15-6-8-16(9-7-15)29(25,26)22-13-18(23)21(12-17(22)19(24)28-2)11-14-5-3-4-10-20-14/h3-10,17H,11-13H2,1-2H3. The average molecular weight is 419 g/mol. The van der Waals surface area contributed by atoms with Crippen molar-refractivity contribution in [2.75, 3.05) is 27.3 Å². The van der Waals surface area contributed by atoms with Crippen LogP contribution in [0.3, 0.4) is 0 Å². The number of esters is 1. The Morgan fingerprint density at radius 2 is 1.90 bits per heavy atom. The Morgan fingerprint density at radius 3 is 2.48 bits per heavy atom. The summed E-state index contributed by atoms with van der Waals surface area (Å²) in [6.45, 7) is -0.429. The summed E-state index contributed by atoms with van der Waals surface area (Å²) in [4.78, 5) is 30.6. The second kappa shape index (κ2) is 8.58. The molecule has 1 aliphatic rings. The Hall–Kier alpha value is -2.98. The molecule has 0 bridgehead atoms. The van der Waals surface area contributed by atoms with Crippen LogP contribution in [0.25, 0.3) is 0 Å². The molecule has 0 radical (unpaired) electrons. The maximum absolute atomic E-state index is 13.1. The number of benzene rings is 1. The van der Waals surface area contributed by atoms with E-state index in [0.717, 1.165) is 4.31 Å². The van der Waals surface area contributed by atoms with Crippen molar-refractivity contribution in [3.8, 4) is 5.75 Å². The number of carbonyl (C=O) groups excluding carboxylic acids is 2. The zero-order valence-electron chi connectivity index (χ0n) is 16.0. The molecule has 2 heterocycles. The minimum atomic E-state index is -4.11. The van der Waals surface area contributed by atoms with Gasteiger partial charge < -0.3 is 14.4 Å². The smallest absolute Gasteiger partial charge is 0.326 e. The Bertz CT molecular complexity index is 979. The van der Waals surface area contributed by atoms with Gasteiger partial charge in [-0.3, -0.25) is 14.6 Å². The van der Waals surface area contributed by atoms with Crippen LogP contribution in [0.5, 0.6) is 5.75 Å². The number of piperazine rings is 1. The second-order valence-electron chi connectivity index (χ2n) is 6.36. The van der Waals surface area contributed by atoms with Crippen LogP contribution in [0.1, 0.15) is 5.69 Å². The number of carbonyl (C=O) groups is 2. The van der Waals surface area contributed by atoms with Crippen molar-refractivity contribution in [3.05, 3.63) is 54.4 Å². The van der Waals surface area contributed by atoms with Gasteiger partial charge in [-0.1, -0.05) is 6.07 Å². The van der Waals surface area contributed by atoms with Crippen molar-refractivity contribution in [2.24, 2.45) is 0 Å². The van der Waals surface area contributed by atoms with Gasteiger partial charge in [0.25, 0.3) is 0 Å². The van der Waals surface area contributed by atoms with Crippen LogP contribution in [0, 0.1) is 0 Å². The predicted molar refractivity (Wildman–Crippen MR) is 102 cm³/mol. The molecule has 1 aromatic heterocycles. The third kappa shape index (κ3) is 4.38. The molecule has 0 saturated carbocycles. The Morgan fingerprint density at radius 1 is 1.17 bits per heavy atom. The van der Waals surface area contributed by atoms with Gasteiger partial charge in [0.1, 0.15) is 11.8 Å². The molecule has 1 atom stereocenters. The molecule has 0 N–H and O–H groups in total. The van der Waals surface area contributed by atoms with Gasteiger partial charge in [0.15, 0.2) is 0 Å². The number of hydrogen-bond acceptors (Lipinski definition) is 7. The molecule has 1 saturated heterocycles. The number of sulfonamides is 1. The van der Waals surface area contributed by atoms with Crippen molar-refractivity contribution in [3.63, 3.8) is 0 Å². The summed E-state index contributed by atoms with van der Waals surface area (Å²) in [7, 11) is -1.46. The predicted octanol–water partition coefficient (Wildman–Crippen LogP) is 0.665. The SMILES string of the molecule is COC(=O)C1CN(Cc2ccccn2)C(=O)CN1S(=O)(=O)c1ccc(OC)cc1. The number of aromatic nitrogens is 1. The fourth-order valence-electron chi connectivity index (χ4n) is 3.05. The first-order valence-corrected chi connectivity index (χ1v) is 10.2. The van der Waals surface area contributed by atoms with Crippen LogP contribution in [0.4, 0.5) is 0 Å². The fourth-order valence-corrected chi connectivity index (χ4v) is 4.57. The third-order valence-electron chi connectivity index (χ3n) is 4.60. The van der Waals surface area contributed by atoms with Crippen molar-refractivity contribution < 1.29 is 27.5 Å². The molecule has 10 heteroatoms. The Kier molecular flexibility index (Phi) is 6.14. The number of nitrogens with zero attached hydrogens (tertiary/aromatic N) is 3. The van der Waals surface area contributed by atoms with Crippen LogP contribution < -0.4 is 4.74 Å². The Labute approximate surface area is 168 Å². The van der Waals surface area contributed by atoms with E-state index < -0.39 is 34.5 Å². The molecule has 1 fully saturated rings. The first-order chi connectivity index (χ1) is 13.9. The quantitative estimate of drug-likeness (QED) is 0.634. The summed E-state index contributed by atoms with van der Waals surface area (Å²) >= 11 is 0. The van der Waals surface area contributed by atoms with Gasteiger partial charge in [-0.15, -0.1) is 0 Å². The molecule has 1 aromatic carbocycles. The average Bonchev–Trinajstić information content (AvgIpc) is 2.75. The maximum atomic E-state index is 13.1. The van der Waals surface area contributed by atoms with Gasteiger partial charge in [-0.05, 0) is 36.4 Å². The molecule has 29 heavy (non-hydrogen) atoms. The lowest BCUT2D eigenvalue weighted by molar-refractivity contribution is -0.151. The lowest BCUT2D eigenvalue weighted by atomic mass is 10.2. The fraction of sp³-hybridized carbons (Fsp3) is 0.316. The normalized spacial score (nSPS) is 17.8. The Balaban J connectivity index is 1.89. The molecule has 1 amide bonds. The van der Waals surface area contributed by atoms with E-state index in [4.69, 9.17) is 9.47 Å². The maximum Gasteiger partial charge on any atom is 0.326 e. The van der Waals surface area contributed by atoms with Gasteiger partial charge in [0.2, 0.25) is 15.9 Å². The zero-order valence-corrected chi connectivity index (χ0v) is 16.8. The van der Waals surface area contributed by atoms with Crippen LogP contribution in [-0.2, 0) is 30.9 Å². The minimum Gasteiger partial charge on any atom is -0.497 e. The highest BCUT2D eigenvalue weighted by atomic mass is 32.2. The summed E-state index contributed by atoms with van der Waals surface area (Å²) in [5.41, 5.74) is 0.635. The van der Waals surface area contributed by atoms with Crippen LogP contribution in [-0.4, -0.2) is 67.8 Å². The van der Waals surface area contributed by atoms with Gasteiger partial charge in [-0.25, -0.2) is 8.42 Å². The number of rotatable bonds is 6. The largest absolute Gasteiger partial charge is 0.497 e. The first-order valence-electron chi connectivity index (χ1n) is 8.78. The lowest BCUT2D eigenvalue weighted by Gasteiger charge is -2.38. The van der Waals surface area contributed by atoms with Crippen molar-refractivity contribution >= 4 is 21.9 Å².